The summed E-state index contributed by atoms with van der Waals surface area (Å²) < 4.78 is 25.0. The number of carbonyl (C=O) groups is 1. The third-order valence-corrected chi connectivity index (χ3v) is 5.06. The number of benzene rings is 2. The lowest BCUT2D eigenvalue weighted by atomic mass is 10.1. The van der Waals surface area contributed by atoms with Gasteiger partial charge in [-0.15, -0.1) is 0 Å². The van der Waals surface area contributed by atoms with E-state index in [4.69, 9.17) is 23.2 Å². The molecule has 0 fully saturated rings. The topological polar surface area (TPSA) is 78.8 Å². The first-order valence-corrected chi connectivity index (χ1v) is 10.1. The minimum absolute atomic E-state index is 0.338. The van der Waals surface area contributed by atoms with Crippen LogP contribution in [0.4, 0.5) is 5.69 Å². The fourth-order valence-electron chi connectivity index (χ4n) is 2.08. The van der Waals surface area contributed by atoms with Gasteiger partial charge in [-0.1, -0.05) is 35.3 Å². The van der Waals surface area contributed by atoms with Crippen molar-refractivity contribution in [2.75, 3.05) is 17.1 Å². The standard InChI is InChI=1S/C17H17Cl2N3O3S/c1-12(13-3-5-14(18)6-4-13)20-21-17(23)11-22(26(2,24)25)16-9-7-15(19)8-10-16/h3-10H,11H2,1-2H3,(H,21,23)/b20-12-. The van der Waals surface area contributed by atoms with Gasteiger partial charge in [0.05, 0.1) is 17.7 Å². The quantitative estimate of drug-likeness (QED) is 0.582. The van der Waals surface area contributed by atoms with Crippen LogP contribution in [0.25, 0.3) is 0 Å². The van der Waals surface area contributed by atoms with Crippen LogP contribution >= 0.6 is 23.2 Å². The summed E-state index contributed by atoms with van der Waals surface area (Å²) in [5.74, 6) is -0.571. The van der Waals surface area contributed by atoms with E-state index in [-0.39, 0.29) is 0 Å². The number of hydrogen-bond donors (Lipinski definition) is 1. The van der Waals surface area contributed by atoms with Gasteiger partial charge in [0, 0.05) is 10.0 Å². The van der Waals surface area contributed by atoms with Gasteiger partial charge in [-0.05, 0) is 48.9 Å². The predicted molar refractivity (Wildman–Crippen MR) is 105 cm³/mol. The number of halogens is 2. The number of sulfonamides is 1. The van der Waals surface area contributed by atoms with Crippen LogP contribution in [0.15, 0.2) is 53.6 Å². The third kappa shape index (κ3) is 5.72. The molecule has 6 nitrogen and oxygen atoms in total. The Morgan fingerprint density at radius 2 is 1.54 bits per heavy atom. The van der Waals surface area contributed by atoms with Gasteiger partial charge in [-0.25, -0.2) is 13.8 Å². The van der Waals surface area contributed by atoms with E-state index in [2.05, 4.69) is 10.5 Å². The molecule has 1 amide bonds. The predicted octanol–water partition coefficient (Wildman–Crippen LogP) is 3.30. The molecule has 2 aromatic carbocycles. The first-order valence-electron chi connectivity index (χ1n) is 7.49. The number of amides is 1. The van der Waals surface area contributed by atoms with Gasteiger partial charge in [-0.3, -0.25) is 9.10 Å². The zero-order valence-electron chi connectivity index (χ0n) is 14.1. The summed E-state index contributed by atoms with van der Waals surface area (Å²) in [6.07, 6.45) is 1.02. The van der Waals surface area contributed by atoms with Crippen molar-refractivity contribution in [3.63, 3.8) is 0 Å². The third-order valence-electron chi connectivity index (χ3n) is 3.41. The Morgan fingerprint density at radius 1 is 1.04 bits per heavy atom. The second-order valence-corrected chi connectivity index (χ2v) is 8.26. The highest BCUT2D eigenvalue weighted by Gasteiger charge is 2.20. The molecule has 0 saturated heterocycles. The van der Waals surface area contributed by atoms with Crippen LogP contribution in [0.5, 0.6) is 0 Å². The molecule has 0 bridgehead atoms. The molecule has 0 aromatic heterocycles. The van der Waals surface area contributed by atoms with Crippen molar-refractivity contribution in [3.8, 4) is 0 Å². The number of rotatable bonds is 6. The van der Waals surface area contributed by atoms with E-state index >= 15 is 0 Å². The van der Waals surface area contributed by atoms with Crippen molar-refractivity contribution in [2.24, 2.45) is 5.10 Å². The molecule has 0 atom stereocenters. The molecule has 9 heteroatoms. The van der Waals surface area contributed by atoms with Gasteiger partial charge in [-0.2, -0.15) is 5.10 Å². The molecule has 2 rings (SSSR count). The Morgan fingerprint density at radius 3 is 2.04 bits per heavy atom. The van der Waals surface area contributed by atoms with Crippen LogP contribution in [0.1, 0.15) is 12.5 Å². The van der Waals surface area contributed by atoms with E-state index in [9.17, 15) is 13.2 Å². The summed E-state index contributed by atoms with van der Waals surface area (Å²) in [4.78, 5) is 12.2. The summed E-state index contributed by atoms with van der Waals surface area (Å²) in [6, 6.07) is 13.1. The zero-order valence-corrected chi connectivity index (χ0v) is 16.4. The van der Waals surface area contributed by atoms with Crippen LogP contribution in [-0.2, 0) is 14.8 Å². The average Bonchev–Trinajstić information content (AvgIpc) is 2.58. The molecule has 0 aliphatic carbocycles. The highest BCUT2D eigenvalue weighted by atomic mass is 35.5. The number of carbonyl (C=O) groups excluding carboxylic acids is 1. The van der Waals surface area contributed by atoms with Crippen LogP contribution in [0.3, 0.4) is 0 Å². The lowest BCUT2D eigenvalue weighted by Gasteiger charge is -2.21. The highest BCUT2D eigenvalue weighted by molar-refractivity contribution is 7.92. The molecular formula is C17H17Cl2N3O3S. The monoisotopic (exact) mass is 413 g/mol. The number of hydrazone groups is 1. The minimum Gasteiger partial charge on any atom is -0.271 e. The first-order chi connectivity index (χ1) is 12.2. The van der Waals surface area contributed by atoms with Crippen LogP contribution in [0, 0.1) is 0 Å². The van der Waals surface area contributed by atoms with Gasteiger partial charge in [0.1, 0.15) is 6.54 Å². The second-order valence-electron chi connectivity index (χ2n) is 5.49. The van der Waals surface area contributed by atoms with Crippen LogP contribution in [-0.4, -0.2) is 32.8 Å². The summed E-state index contributed by atoms with van der Waals surface area (Å²) in [5.41, 5.74) is 4.05. The summed E-state index contributed by atoms with van der Waals surface area (Å²) in [7, 11) is -3.66. The van der Waals surface area contributed by atoms with Crippen molar-refractivity contribution in [2.45, 2.75) is 6.92 Å². The van der Waals surface area contributed by atoms with Crippen molar-refractivity contribution in [1.82, 2.24) is 5.43 Å². The van der Waals surface area contributed by atoms with E-state index in [1.165, 1.54) is 12.1 Å². The SMILES string of the molecule is C/C(=N/NC(=O)CN(c1ccc(Cl)cc1)S(C)(=O)=O)c1ccc(Cl)cc1. The Bertz CT molecular complexity index is 911. The zero-order chi connectivity index (χ0) is 19.3. The molecule has 0 saturated carbocycles. The van der Waals surface area contributed by atoms with E-state index in [0.717, 1.165) is 16.1 Å². The lowest BCUT2D eigenvalue weighted by molar-refractivity contribution is -0.119. The molecule has 0 radical (unpaired) electrons. The number of hydrogen-bond acceptors (Lipinski definition) is 4. The minimum atomic E-state index is -3.66. The lowest BCUT2D eigenvalue weighted by Crippen LogP contribution is -2.39. The van der Waals surface area contributed by atoms with E-state index in [1.807, 2.05) is 0 Å². The molecule has 138 valence electrons. The van der Waals surface area contributed by atoms with E-state index < -0.39 is 22.5 Å². The normalized spacial score (nSPS) is 11.9. The number of nitrogens with one attached hydrogen (secondary N) is 1. The molecule has 2 aromatic rings. The Kier molecular flexibility index (Phi) is 6.63. The van der Waals surface area contributed by atoms with Gasteiger partial charge in [0.15, 0.2) is 0 Å². The van der Waals surface area contributed by atoms with Crippen LogP contribution < -0.4 is 9.73 Å². The van der Waals surface area contributed by atoms with E-state index in [0.29, 0.717) is 21.4 Å². The first kappa shape index (κ1) is 20.2. The van der Waals surface area contributed by atoms with Crippen molar-refractivity contribution >= 4 is 50.5 Å². The molecule has 26 heavy (non-hydrogen) atoms. The van der Waals surface area contributed by atoms with Crippen molar-refractivity contribution in [3.05, 3.63) is 64.1 Å². The maximum atomic E-state index is 12.2. The number of nitrogens with zero attached hydrogens (tertiary/aromatic N) is 2. The van der Waals surface area contributed by atoms with Gasteiger partial charge < -0.3 is 0 Å². The van der Waals surface area contributed by atoms with Gasteiger partial charge in [0.2, 0.25) is 10.0 Å². The number of anilines is 1. The van der Waals surface area contributed by atoms with Gasteiger partial charge >= 0.3 is 0 Å². The Labute approximate surface area is 162 Å². The Hall–Kier alpha value is -2.09. The fraction of sp³-hybridized carbons (Fsp3) is 0.176. The van der Waals surface area contributed by atoms with Crippen LogP contribution in [0.2, 0.25) is 10.0 Å². The van der Waals surface area contributed by atoms with Gasteiger partial charge in [0.25, 0.3) is 5.91 Å². The summed E-state index contributed by atoms with van der Waals surface area (Å²) in [6.45, 7) is 1.31. The molecule has 0 aliphatic rings. The van der Waals surface area contributed by atoms with Crippen molar-refractivity contribution < 1.29 is 13.2 Å². The fourth-order valence-corrected chi connectivity index (χ4v) is 3.18. The molecular weight excluding hydrogens is 397 g/mol. The Balaban J connectivity index is 2.11. The van der Waals surface area contributed by atoms with E-state index in [1.54, 1.807) is 43.3 Å². The molecule has 0 aliphatic heterocycles. The largest absolute Gasteiger partial charge is 0.271 e. The second kappa shape index (κ2) is 8.53. The molecule has 0 spiro atoms. The molecule has 0 unspecified atom stereocenters. The maximum absolute atomic E-state index is 12.2. The molecule has 0 heterocycles. The van der Waals surface area contributed by atoms with Crippen molar-refractivity contribution in [1.29, 1.82) is 0 Å². The smallest absolute Gasteiger partial charge is 0.260 e. The summed E-state index contributed by atoms with van der Waals surface area (Å²) >= 11 is 11.6. The highest BCUT2D eigenvalue weighted by Crippen LogP contribution is 2.20. The average molecular weight is 414 g/mol. The maximum Gasteiger partial charge on any atom is 0.260 e. The molecule has 1 N–H and O–H groups in total. The summed E-state index contributed by atoms with van der Waals surface area (Å²) in [5, 5.41) is 5.06.